The molecule has 5 nitrogen and oxygen atoms in total. The van der Waals surface area contributed by atoms with E-state index in [-0.39, 0.29) is 18.3 Å². The molecule has 0 saturated heterocycles. The zero-order valence-electron chi connectivity index (χ0n) is 17.3. The van der Waals surface area contributed by atoms with Crippen LogP contribution in [0.1, 0.15) is 27.3 Å². The number of thioether (sulfide) groups is 1. The number of pyridine rings is 1. The lowest BCUT2D eigenvalue weighted by molar-refractivity contribution is 0.0947. The number of amides is 1. The first kappa shape index (κ1) is 21.7. The van der Waals surface area contributed by atoms with Gasteiger partial charge in [0.2, 0.25) is 0 Å². The first-order valence-corrected chi connectivity index (χ1v) is 10.9. The highest BCUT2D eigenvalue weighted by Crippen LogP contribution is 2.24. The zero-order chi connectivity index (χ0) is 22.5. The quantitative estimate of drug-likeness (QED) is 0.399. The number of aromatic nitrogens is 3. The third-order valence-electron chi connectivity index (χ3n) is 4.86. The monoisotopic (exact) mass is 450 g/mol. The van der Waals surface area contributed by atoms with Gasteiger partial charge in [0.25, 0.3) is 5.91 Å². The predicted molar refractivity (Wildman–Crippen MR) is 120 cm³/mol. The van der Waals surface area contributed by atoms with E-state index < -0.39 is 5.82 Å². The van der Waals surface area contributed by atoms with Crippen molar-refractivity contribution in [2.24, 2.45) is 0 Å². The lowest BCUT2D eigenvalue weighted by Gasteiger charge is -2.11. The Morgan fingerprint density at radius 1 is 1.03 bits per heavy atom. The Hall–Kier alpha value is -3.52. The highest BCUT2D eigenvalue weighted by molar-refractivity contribution is 7.98. The lowest BCUT2D eigenvalue weighted by Crippen LogP contribution is -2.23. The first-order chi connectivity index (χ1) is 15.5. The number of hydrogen-bond donors (Lipinski definition) is 1. The number of halogens is 2. The molecule has 0 aliphatic carbocycles. The van der Waals surface area contributed by atoms with E-state index in [1.807, 2.05) is 0 Å². The summed E-state index contributed by atoms with van der Waals surface area (Å²) in [4.78, 5) is 21.2. The van der Waals surface area contributed by atoms with E-state index in [0.29, 0.717) is 33.4 Å². The van der Waals surface area contributed by atoms with Crippen molar-refractivity contribution in [3.05, 3.63) is 107 Å². The Morgan fingerprint density at radius 2 is 1.81 bits per heavy atom. The molecule has 0 spiro atoms. The van der Waals surface area contributed by atoms with E-state index in [4.69, 9.17) is 0 Å². The predicted octanol–water partition coefficient (Wildman–Crippen LogP) is 5.08. The summed E-state index contributed by atoms with van der Waals surface area (Å²) in [7, 11) is 0. The fourth-order valence-corrected chi connectivity index (χ4v) is 4.12. The molecular weight excluding hydrogens is 430 g/mol. The summed E-state index contributed by atoms with van der Waals surface area (Å²) >= 11 is 1.40. The van der Waals surface area contributed by atoms with E-state index in [9.17, 15) is 13.6 Å². The minimum Gasteiger partial charge on any atom is -0.348 e. The molecule has 4 aromatic rings. The van der Waals surface area contributed by atoms with Crippen LogP contribution in [0.5, 0.6) is 0 Å². The molecule has 0 fully saturated rings. The Kier molecular flexibility index (Phi) is 6.61. The van der Waals surface area contributed by atoms with Crippen LogP contribution in [-0.2, 0) is 12.3 Å². The van der Waals surface area contributed by atoms with Crippen molar-refractivity contribution in [3.8, 4) is 5.69 Å². The summed E-state index contributed by atoms with van der Waals surface area (Å²) in [6.45, 7) is 1.98. The Balaban J connectivity index is 1.42. The molecule has 0 aliphatic heterocycles. The van der Waals surface area contributed by atoms with E-state index in [0.717, 1.165) is 5.56 Å². The van der Waals surface area contributed by atoms with Crippen LogP contribution in [0.2, 0.25) is 0 Å². The maximum atomic E-state index is 14.6. The van der Waals surface area contributed by atoms with Gasteiger partial charge in [-0.15, -0.1) is 11.8 Å². The Bertz CT molecular complexity index is 1240. The van der Waals surface area contributed by atoms with E-state index >= 15 is 0 Å². The number of nitrogens with zero attached hydrogens (tertiary/aromatic N) is 3. The fourth-order valence-electron chi connectivity index (χ4n) is 3.18. The van der Waals surface area contributed by atoms with E-state index in [1.54, 1.807) is 66.5 Å². The molecule has 0 atom stereocenters. The summed E-state index contributed by atoms with van der Waals surface area (Å²) in [5, 5.41) is 3.40. The lowest BCUT2D eigenvalue weighted by atomic mass is 10.2. The van der Waals surface area contributed by atoms with Crippen LogP contribution in [0, 0.1) is 18.6 Å². The second-order valence-electron chi connectivity index (χ2n) is 7.08. The normalized spacial score (nSPS) is 10.8. The number of carbonyl (C=O) groups is 1. The minimum absolute atomic E-state index is 0.176. The molecule has 2 aromatic carbocycles. The second-order valence-corrected chi connectivity index (χ2v) is 8.05. The van der Waals surface area contributed by atoms with Crippen LogP contribution < -0.4 is 5.32 Å². The van der Waals surface area contributed by atoms with Crippen molar-refractivity contribution in [3.63, 3.8) is 0 Å². The van der Waals surface area contributed by atoms with Crippen LogP contribution >= 0.6 is 11.8 Å². The molecule has 1 N–H and O–H groups in total. The number of rotatable bonds is 7. The first-order valence-electron chi connectivity index (χ1n) is 9.90. The summed E-state index contributed by atoms with van der Waals surface area (Å²) in [6.07, 6.45) is 4.93. The molecule has 1 amide bonds. The van der Waals surface area contributed by atoms with Crippen molar-refractivity contribution < 1.29 is 13.6 Å². The molecule has 32 heavy (non-hydrogen) atoms. The highest BCUT2D eigenvalue weighted by Gasteiger charge is 2.14. The largest absolute Gasteiger partial charge is 0.348 e. The fraction of sp³-hybridized carbons (Fsp3) is 0.125. The summed E-state index contributed by atoms with van der Waals surface area (Å²) < 4.78 is 29.3. The number of imidazole rings is 1. The minimum atomic E-state index is -0.394. The van der Waals surface area contributed by atoms with Crippen LogP contribution in [0.25, 0.3) is 5.69 Å². The SMILES string of the molecule is Cc1nccn1-c1ccc(CNC(=O)c2cccnc2SCc2ccc(F)cc2)cc1F. The summed E-state index contributed by atoms with van der Waals surface area (Å²) in [5.74, 6) is 0.260. The molecule has 4 rings (SSSR count). The molecular formula is C24H20F2N4OS. The van der Waals surface area contributed by atoms with Gasteiger partial charge in [-0.1, -0.05) is 18.2 Å². The third-order valence-corrected chi connectivity index (χ3v) is 5.93. The summed E-state index contributed by atoms with van der Waals surface area (Å²) in [6, 6.07) is 14.4. The highest BCUT2D eigenvalue weighted by atomic mass is 32.2. The van der Waals surface area contributed by atoms with Crippen molar-refractivity contribution in [2.75, 3.05) is 0 Å². The van der Waals surface area contributed by atoms with Crippen LogP contribution in [0.15, 0.2) is 78.2 Å². The molecule has 0 aliphatic rings. The average Bonchev–Trinajstić information content (AvgIpc) is 3.23. The zero-order valence-corrected chi connectivity index (χ0v) is 18.1. The van der Waals surface area contributed by atoms with Crippen molar-refractivity contribution in [1.29, 1.82) is 0 Å². The van der Waals surface area contributed by atoms with E-state index in [1.165, 1.54) is 30.0 Å². The van der Waals surface area contributed by atoms with Crippen molar-refractivity contribution in [2.45, 2.75) is 24.2 Å². The maximum Gasteiger partial charge on any atom is 0.254 e. The maximum absolute atomic E-state index is 14.6. The molecule has 162 valence electrons. The molecule has 0 bridgehead atoms. The van der Waals surface area contributed by atoms with Gasteiger partial charge in [0.05, 0.1) is 11.3 Å². The van der Waals surface area contributed by atoms with Gasteiger partial charge in [0.15, 0.2) is 0 Å². The molecule has 0 unspecified atom stereocenters. The van der Waals surface area contributed by atoms with Gasteiger partial charge in [0.1, 0.15) is 22.5 Å². The van der Waals surface area contributed by atoms with Gasteiger partial charge in [-0.25, -0.2) is 18.7 Å². The Morgan fingerprint density at radius 3 is 2.53 bits per heavy atom. The number of aryl methyl sites for hydroxylation is 1. The van der Waals surface area contributed by atoms with Crippen molar-refractivity contribution >= 4 is 17.7 Å². The van der Waals surface area contributed by atoms with Gasteiger partial charge in [-0.3, -0.25) is 4.79 Å². The van der Waals surface area contributed by atoms with Gasteiger partial charge in [-0.2, -0.15) is 0 Å². The topological polar surface area (TPSA) is 59.8 Å². The second kappa shape index (κ2) is 9.74. The van der Waals surface area contributed by atoms with Crippen LogP contribution in [0.3, 0.4) is 0 Å². The molecule has 2 heterocycles. The van der Waals surface area contributed by atoms with Gasteiger partial charge in [-0.05, 0) is 54.4 Å². The number of benzene rings is 2. The smallest absolute Gasteiger partial charge is 0.254 e. The van der Waals surface area contributed by atoms with Gasteiger partial charge >= 0.3 is 0 Å². The van der Waals surface area contributed by atoms with E-state index in [2.05, 4.69) is 15.3 Å². The standard InChI is InChI=1S/C24H20F2N4OS/c1-16-27-11-12-30(16)22-9-6-18(13-21(22)26)14-29-23(31)20-3-2-10-28-24(20)32-15-17-4-7-19(25)8-5-17/h2-13H,14-15H2,1H3,(H,29,31). The molecule has 8 heteroatoms. The number of carbonyl (C=O) groups excluding carboxylic acids is 1. The van der Waals surface area contributed by atoms with Gasteiger partial charge in [0, 0.05) is 30.9 Å². The number of hydrogen-bond acceptors (Lipinski definition) is 4. The van der Waals surface area contributed by atoms with Crippen LogP contribution in [-0.4, -0.2) is 20.4 Å². The summed E-state index contributed by atoms with van der Waals surface area (Å²) in [5.41, 5.74) is 2.41. The molecule has 2 aromatic heterocycles. The van der Waals surface area contributed by atoms with Gasteiger partial charge < -0.3 is 9.88 Å². The van der Waals surface area contributed by atoms with Crippen LogP contribution in [0.4, 0.5) is 8.78 Å². The Labute approximate surface area is 188 Å². The number of nitrogens with one attached hydrogen (secondary N) is 1. The molecule has 0 saturated carbocycles. The van der Waals surface area contributed by atoms with Crippen molar-refractivity contribution in [1.82, 2.24) is 19.9 Å². The molecule has 0 radical (unpaired) electrons. The third kappa shape index (κ3) is 5.03. The average molecular weight is 451 g/mol.